The molecule has 1 unspecified atom stereocenters. The summed E-state index contributed by atoms with van der Waals surface area (Å²) in [6.07, 6.45) is 0. The van der Waals surface area contributed by atoms with Gasteiger partial charge in [-0.1, -0.05) is 18.2 Å². The Labute approximate surface area is 189 Å². The number of nitrogens with zero attached hydrogens (tertiary/aromatic N) is 1. The van der Waals surface area contributed by atoms with Crippen LogP contribution in [0.1, 0.15) is 12.6 Å². The molecule has 156 valence electrons. The molecule has 1 atom stereocenters. The summed E-state index contributed by atoms with van der Waals surface area (Å²) >= 11 is 8.31. The van der Waals surface area contributed by atoms with Gasteiger partial charge in [-0.2, -0.15) is 0 Å². The topological polar surface area (TPSA) is 75.3 Å². The molecule has 1 amide bonds. The minimum atomic E-state index is -0.275. The predicted octanol–water partition coefficient (Wildman–Crippen LogP) is 5.39. The van der Waals surface area contributed by atoms with Gasteiger partial charge in [0.05, 0.1) is 23.7 Å². The van der Waals surface area contributed by atoms with Gasteiger partial charge in [0.25, 0.3) is 0 Å². The van der Waals surface area contributed by atoms with Gasteiger partial charge >= 0.3 is 0 Å². The van der Waals surface area contributed by atoms with Gasteiger partial charge in [0.2, 0.25) is 5.91 Å². The van der Waals surface area contributed by atoms with Crippen molar-refractivity contribution < 1.29 is 9.53 Å². The molecule has 9 heteroatoms. The van der Waals surface area contributed by atoms with E-state index in [0.29, 0.717) is 16.0 Å². The zero-order valence-electron chi connectivity index (χ0n) is 16.8. The normalized spacial score (nSPS) is 11.4. The van der Waals surface area contributed by atoms with Crippen LogP contribution in [0.5, 0.6) is 5.75 Å². The molecule has 0 saturated heterocycles. The van der Waals surface area contributed by atoms with Crippen molar-refractivity contribution in [3.8, 4) is 5.75 Å². The van der Waals surface area contributed by atoms with Crippen molar-refractivity contribution in [2.75, 3.05) is 23.1 Å². The van der Waals surface area contributed by atoms with E-state index in [0.717, 1.165) is 22.0 Å². The second-order valence-corrected chi connectivity index (χ2v) is 9.03. The molecule has 0 bridgehead atoms. The van der Waals surface area contributed by atoms with Crippen molar-refractivity contribution in [2.45, 2.75) is 24.0 Å². The molecular weight excluding hydrogens is 436 g/mol. The number of amides is 1. The van der Waals surface area contributed by atoms with E-state index in [1.807, 2.05) is 67.8 Å². The number of thioether (sulfide) groups is 1. The molecule has 0 aliphatic heterocycles. The minimum Gasteiger partial charge on any atom is -0.495 e. The van der Waals surface area contributed by atoms with Crippen LogP contribution >= 0.6 is 35.3 Å². The molecule has 1 aromatic heterocycles. The molecular formula is C21H22N4O2S3. The molecule has 1 heterocycles. The van der Waals surface area contributed by atoms with E-state index < -0.39 is 0 Å². The third kappa shape index (κ3) is 6.19. The Bertz CT molecular complexity index is 1040. The van der Waals surface area contributed by atoms with Crippen LogP contribution in [-0.2, 0) is 4.79 Å². The van der Waals surface area contributed by atoms with Crippen molar-refractivity contribution in [1.82, 2.24) is 4.98 Å². The van der Waals surface area contributed by atoms with Crippen LogP contribution in [0.4, 0.5) is 16.5 Å². The maximum Gasteiger partial charge on any atom is 0.239 e. The monoisotopic (exact) mass is 458 g/mol. The number of carbonyl (C=O) groups is 1. The summed E-state index contributed by atoms with van der Waals surface area (Å²) in [4.78, 5) is 17.7. The predicted molar refractivity (Wildman–Crippen MR) is 130 cm³/mol. The molecule has 3 rings (SSSR count). The Balaban J connectivity index is 1.58. The van der Waals surface area contributed by atoms with Gasteiger partial charge in [0, 0.05) is 16.0 Å². The summed E-state index contributed by atoms with van der Waals surface area (Å²) in [5.74, 6) is 0.627. The van der Waals surface area contributed by atoms with Crippen molar-refractivity contribution in [1.29, 1.82) is 0 Å². The standard InChI is InChI=1S/C21H22N4O2S3/c1-13-12-29-21(22-13)25-19(26)14(2)30-16-8-6-7-15(11-16)23-20(28)24-17-9-4-5-10-18(17)27-3/h4-12,14H,1-3H3,(H,22,25,26)(H2,23,24,28). The highest BCUT2D eigenvalue weighted by molar-refractivity contribution is 8.00. The first-order chi connectivity index (χ1) is 14.4. The van der Waals surface area contributed by atoms with E-state index in [2.05, 4.69) is 20.9 Å². The van der Waals surface area contributed by atoms with E-state index in [1.165, 1.54) is 23.1 Å². The zero-order chi connectivity index (χ0) is 21.5. The molecule has 0 spiro atoms. The molecule has 2 aromatic carbocycles. The molecule has 0 radical (unpaired) electrons. The number of hydrogen-bond acceptors (Lipinski definition) is 6. The van der Waals surface area contributed by atoms with E-state index in [-0.39, 0.29) is 11.2 Å². The molecule has 3 N–H and O–H groups in total. The van der Waals surface area contributed by atoms with Gasteiger partial charge in [0.1, 0.15) is 5.75 Å². The largest absolute Gasteiger partial charge is 0.495 e. The number of carbonyl (C=O) groups excluding carboxylic acids is 1. The maximum atomic E-state index is 12.4. The highest BCUT2D eigenvalue weighted by atomic mass is 32.2. The summed E-state index contributed by atoms with van der Waals surface area (Å²) in [6, 6.07) is 15.3. The number of ether oxygens (including phenoxy) is 1. The van der Waals surface area contributed by atoms with Gasteiger partial charge in [-0.15, -0.1) is 23.1 Å². The number of hydrogen-bond donors (Lipinski definition) is 3. The van der Waals surface area contributed by atoms with Crippen LogP contribution in [0.2, 0.25) is 0 Å². The molecule has 30 heavy (non-hydrogen) atoms. The first-order valence-corrected chi connectivity index (χ1v) is 11.3. The molecule has 0 aliphatic rings. The first-order valence-electron chi connectivity index (χ1n) is 9.15. The Hall–Kier alpha value is -2.62. The fourth-order valence-electron chi connectivity index (χ4n) is 2.56. The van der Waals surface area contributed by atoms with Crippen LogP contribution in [0.25, 0.3) is 0 Å². The average Bonchev–Trinajstić information content (AvgIpc) is 3.13. The van der Waals surface area contributed by atoms with Gasteiger partial charge < -0.3 is 20.7 Å². The number of anilines is 3. The lowest BCUT2D eigenvalue weighted by atomic mass is 10.3. The number of aryl methyl sites for hydroxylation is 1. The van der Waals surface area contributed by atoms with Gasteiger partial charge in [-0.05, 0) is 56.4 Å². The van der Waals surface area contributed by atoms with E-state index >= 15 is 0 Å². The van der Waals surface area contributed by atoms with Crippen molar-refractivity contribution >= 4 is 62.8 Å². The fourth-order valence-corrected chi connectivity index (χ4v) is 4.40. The number of methoxy groups -OCH3 is 1. The van der Waals surface area contributed by atoms with E-state index in [1.54, 1.807) is 7.11 Å². The SMILES string of the molecule is COc1ccccc1NC(=S)Nc1cccc(SC(C)C(=O)Nc2nc(C)cs2)c1. The zero-order valence-corrected chi connectivity index (χ0v) is 19.2. The third-order valence-corrected chi connectivity index (χ3v) is 6.15. The Morgan fingerprint density at radius 2 is 1.97 bits per heavy atom. The van der Waals surface area contributed by atoms with Crippen LogP contribution in [0, 0.1) is 6.92 Å². The van der Waals surface area contributed by atoms with Crippen LogP contribution < -0.4 is 20.7 Å². The maximum absolute atomic E-state index is 12.4. The summed E-state index contributed by atoms with van der Waals surface area (Å²) in [5.41, 5.74) is 2.51. The van der Waals surface area contributed by atoms with Crippen LogP contribution in [-0.4, -0.2) is 28.4 Å². The first kappa shape index (κ1) is 22.1. The highest BCUT2D eigenvalue weighted by Gasteiger charge is 2.16. The van der Waals surface area contributed by atoms with E-state index in [4.69, 9.17) is 17.0 Å². The molecule has 6 nitrogen and oxygen atoms in total. The Kier molecular flexibility index (Phi) is 7.67. The summed E-state index contributed by atoms with van der Waals surface area (Å²) in [6.45, 7) is 3.77. The number of aromatic nitrogens is 1. The number of nitrogens with one attached hydrogen (secondary N) is 3. The van der Waals surface area contributed by atoms with Crippen molar-refractivity contribution in [3.05, 3.63) is 59.6 Å². The molecule has 0 saturated carbocycles. The lowest BCUT2D eigenvalue weighted by Gasteiger charge is -2.14. The lowest BCUT2D eigenvalue weighted by molar-refractivity contribution is -0.115. The summed E-state index contributed by atoms with van der Waals surface area (Å²) in [7, 11) is 1.62. The fraction of sp³-hybridized carbons (Fsp3) is 0.190. The Morgan fingerprint density at radius 3 is 2.70 bits per heavy atom. The summed E-state index contributed by atoms with van der Waals surface area (Å²) < 4.78 is 5.33. The van der Waals surface area contributed by atoms with Gasteiger partial charge in [-0.25, -0.2) is 4.98 Å². The minimum absolute atomic E-state index is 0.0823. The van der Waals surface area contributed by atoms with Crippen LogP contribution in [0.3, 0.4) is 0 Å². The number of benzene rings is 2. The third-order valence-electron chi connectivity index (χ3n) is 3.98. The lowest BCUT2D eigenvalue weighted by Crippen LogP contribution is -2.22. The highest BCUT2D eigenvalue weighted by Crippen LogP contribution is 2.28. The molecule has 0 fully saturated rings. The number of thiocarbonyl (C=S) groups is 1. The molecule has 0 aliphatic carbocycles. The van der Waals surface area contributed by atoms with E-state index in [9.17, 15) is 4.79 Å². The molecule has 3 aromatic rings. The smallest absolute Gasteiger partial charge is 0.239 e. The second kappa shape index (κ2) is 10.4. The Morgan fingerprint density at radius 1 is 1.17 bits per heavy atom. The van der Waals surface area contributed by atoms with Crippen molar-refractivity contribution in [3.63, 3.8) is 0 Å². The van der Waals surface area contributed by atoms with Crippen molar-refractivity contribution in [2.24, 2.45) is 0 Å². The number of rotatable bonds is 7. The quantitative estimate of drug-likeness (QED) is 0.324. The van der Waals surface area contributed by atoms with Gasteiger partial charge in [-0.3, -0.25) is 4.79 Å². The van der Waals surface area contributed by atoms with Crippen LogP contribution in [0.15, 0.2) is 58.8 Å². The van der Waals surface area contributed by atoms with Gasteiger partial charge in [0.15, 0.2) is 10.2 Å². The summed E-state index contributed by atoms with van der Waals surface area (Å²) in [5, 5.41) is 11.9. The average molecular weight is 459 g/mol. The number of para-hydroxylation sites is 2. The second-order valence-electron chi connectivity index (χ2n) is 6.35. The number of thiazole rings is 1.